The zero-order valence-electron chi connectivity index (χ0n) is 19.1. The molecule has 6 heteroatoms. The number of hydrogen-bond donors (Lipinski definition) is 2. The Balaban J connectivity index is 0.000000509. The predicted molar refractivity (Wildman–Crippen MR) is 133 cm³/mol. The van der Waals surface area contributed by atoms with Gasteiger partial charge in [0.25, 0.3) is 0 Å². The van der Waals surface area contributed by atoms with Crippen LogP contribution < -0.4 is 5.32 Å². The standard InChI is InChI=1S/C24H22N3O2.C5H5.Fe/c28-24(29)22(15-18-9-3-1-4-10-18)25-16-20-17-27(21-13-5-2-6-14-21)26-23(20)19-11-7-8-12-19;1-2-4-5-3-1;/h1-14,17,22,25H,15-16H2,(H,28,29);1-5H;/q;;+2. The Bertz CT molecular complexity index is 1010. The van der Waals surface area contributed by atoms with E-state index in [2.05, 4.69) is 5.32 Å². The summed E-state index contributed by atoms with van der Waals surface area (Å²) < 4.78 is 1.84. The molecule has 2 aliphatic carbocycles. The predicted octanol–water partition coefficient (Wildman–Crippen LogP) is 4.43. The summed E-state index contributed by atoms with van der Waals surface area (Å²) in [5.74, 6) is 0.158. The summed E-state index contributed by atoms with van der Waals surface area (Å²) in [7, 11) is 0. The molecule has 176 valence electrons. The molecule has 0 spiro atoms. The fourth-order valence-electron chi connectivity index (χ4n) is 3.68. The van der Waals surface area contributed by atoms with Gasteiger partial charge >= 0.3 is 23.0 Å². The molecule has 0 saturated heterocycles. The molecule has 35 heavy (non-hydrogen) atoms. The molecule has 2 fully saturated rings. The van der Waals surface area contributed by atoms with Gasteiger partial charge in [-0.05, 0) is 81.9 Å². The number of aromatic nitrogens is 2. The first-order valence-electron chi connectivity index (χ1n) is 11.2. The number of nitrogens with one attached hydrogen (secondary N) is 1. The molecule has 0 bridgehead atoms. The Morgan fingerprint density at radius 1 is 0.857 bits per heavy atom. The van der Waals surface area contributed by atoms with Gasteiger partial charge in [-0.1, -0.05) is 48.5 Å². The molecule has 0 aliphatic heterocycles. The first-order chi connectivity index (χ1) is 16.7. The van der Waals surface area contributed by atoms with E-state index in [1.807, 2.05) is 129 Å². The number of rotatable bonds is 8. The average molecular weight is 505 g/mol. The zero-order chi connectivity index (χ0) is 23.6. The summed E-state index contributed by atoms with van der Waals surface area (Å²) in [6.45, 7) is 0.414. The molecule has 1 unspecified atom stereocenters. The molecule has 5 nitrogen and oxygen atoms in total. The van der Waals surface area contributed by atoms with Gasteiger partial charge in [-0.25, -0.2) is 4.68 Å². The number of para-hydroxylation sites is 1. The van der Waals surface area contributed by atoms with Crippen molar-refractivity contribution in [2.75, 3.05) is 0 Å². The Hall–Kier alpha value is -2.40. The molecular formula is C29H27FeN3O2+2. The maximum atomic E-state index is 11.8. The Kier molecular flexibility index (Phi) is 11.1. The van der Waals surface area contributed by atoms with Crippen molar-refractivity contribution in [1.82, 2.24) is 15.1 Å². The van der Waals surface area contributed by atoms with Gasteiger partial charge in [-0.3, -0.25) is 10.1 Å². The van der Waals surface area contributed by atoms with Crippen molar-refractivity contribution < 1.29 is 27.0 Å². The molecule has 5 rings (SSSR count). The molecule has 2 aromatic carbocycles. The quantitative estimate of drug-likeness (QED) is 0.445. The van der Waals surface area contributed by atoms with Gasteiger partial charge in [0, 0.05) is 24.2 Å². The van der Waals surface area contributed by atoms with Crippen LogP contribution >= 0.6 is 0 Å². The van der Waals surface area contributed by atoms with E-state index in [4.69, 9.17) is 5.10 Å². The molecule has 1 atom stereocenters. The normalized spacial score (nSPS) is 16.2. The van der Waals surface area contributed by atoms with Gasteiger partial charge in [-0.2, -0.15) is 5.10 Å². The van der Waals surface area contributed by atoms with E-state index >= 15 is 0 Å². The molecule has 1 aromatic heterocycles. The number of carboxylic acid groups (broad SMARTS) is 1. The molecule has 2 saturated carbocycles. The third kappa shape index (κ3) is 8.06. The van der Waals surface area contributed by atoms with Gasteiger partial charge in [-0.15, -0.1) is 0 Å². The van der Waals surface area contributed by atoms with E-state index < -0.39 is 12.0 Å². The minimum absolute atomic E-state index is 0. The van der Waals surface area contributed by atoms with Crippen molar-refractivity contribution in [2.24, 2.45) is 0 Å². The minimum Gasteiger partial charge on any atom is -0.480 e. The number of carboxylic acids is 1. The summed E-state index contributed by atoms with van der Waals surface area (Å²) >= 11 is 0. The van der Waals surface area contributed by atoms with Crippen LogP contribution in [-0.2, 0) is 34.8 Å². The van der Waals surface area contributed by atoms with Gasteiger partial charge < -0.3 is 5.11 Å². The average Bonchev–Trinajstić information content (AvgIpc) is 3.66. The topological polar surface area (TPSA) is 67.2 Å². The van der Waals surface area contributed by atoms with Crippen molar-refractivity contribution in [3.05, 3.63) is 147 Å². The summed E-state index contributed by atoms with van der Waals surface area (Å²) in [6, 6.07) is 18.9. The van der Waals surface area contributed by atoms with Crippen molar-refractivity contribution in [3.63, 3.8) is 0 Å². The van der Waals surface area contributed by atoms with Crippen LogP contribution in [0.1, 0.15) is 16.8 Å². The maximum Gasteiger partial charge on any atom is 2.00 e. The summed E-state index contributed by atoms with van der Waals surface area (Å²) in [6.07, 6.45) is 20.4. The SMILES string of the molecule is O=C(O)C(Cc1ccccc1)NCc1cn(-c2ccccc2)nc1[C]1[CH][CH][CH][CH]1.[CH]1[CH][CH][CH][CH]1.[Fe+2]. The first kappa shape index (κ1) is 27.2. The van der Waals surface area contributed by atoms with Crippen LogP contribution in [0.3, 0.4) is 0 Å². The largest absolute Gasteiger partial charge is 2.00 e. The van der Waals surface area contributed by atoms with Gasteiger partial charge in [0.15, 0.2) is 0 Å². The summed E-state index contributed by atoms with van der Waals surface area (Å²) in [5, 5.41) is 17.6. The first-order valence-corrected chi connectivity index (χ1v) is 11.2. The summed E-state index contributed by atoms with van der Waals surface area (Å²) in [4.78, 5) is 11.8. The molecule has 10 radical (unpaired) electrons. The molecule has 0 amide bonds. The van der Waals surface area contributed by atoms with Gasteiger partial charge in [0.1, 0.15) is 6.04 Å². The molecule has 1 heterocycles. The minimum atomic E-state index is -0.862. The Labute approximate surface area is 219 Å². The van der Waals surface area contributed by atoms with Crippen molar-refractivity contribution in [2.45, 2.75) is 19.0 Å². The van der Waals surface area contributed by atoms with Crippen LogP contribution in [0.15, 0.2) is 66.9 Å². The number of hydrogen-bond acceptors (Lipinski definition) is 3. The molecule has 2 N–H and O–H groups in total. The number of carbonyl (C=O) groups is 1. The van der Waals surface area contributed by atoms with E-state index in [0.717, 1.165) is 28.4 Å². The van der Waals surface area contributed by atoms with Gasteiger partial charge in [0.2, 0.25) is 0 Å². The molecule has 2 aliphatic rings. The third-order valence-electron chi connectivity index (χ3n) is 5.42. The number of nitrogens with zero attached hydrogens (tertiary/aromatic N) is 2. The van der Waals surface area contributed by atoms with E-state index in [0.29, 0.717) is 13.0 Å². The third-order valence-corrected chi connectivity index (χ3v) is 5.42. The van der Waals surface area contributed by atoms with Crippen LogP contribution in [0, 0.1) is 63.7 Å². The smallest absolute Gasteiger partial charge is 0.480 e. The van der Waals surface area contributed by atoms with E-state index in [1.54, 1.807) is 0 Å². The fourth-order valence-corrected chi connectivity index (χ4v) is 3.68. The Morgan fingerprint density at radius 3 is 2.00 bits per heavy atom. The van der Waals surface area contributed by atoms with Crippen LogP contribution in [0.4, 0.5) is 0 Å². The zero-order valence-corrected chi connectivity index (χ0v) is 20.2. The molecule has 3 aromatic rings. The van der Waals surface area contributed by atoms with Crippen molar-refractivity contribution in [3.8, 4) is 5.69 Å². The second kappa shape index (κ2) is 14.2. The van der Waals surface area contributed by atoms with E-state index in [9.17, 15) is 9.90 Å². The van der Waals surface area contributed by atoms with Crippen molar-refractivity contribution >= 4 is 5.97 Å². The number of aliphatic carboxylic acids is 1. The van der Waals surface area contributed by atoms with Gasteiger partial charge in [0.05, 0.1) is 11.4 Å². The van der Waals surface area contributed by atoms with E-state index in [1.165, 1.54) is 0 Å². The monoisotopic (exact) mass is 505 g/mol. The fraction of sp³-hybridized carbons (Fsp3) is 0.103. The number of benzene rings is 2. The summed E-state index contributed by atoms with van der Waals surface area (Å²) in [5.41, 5.74) is 3.77. The maximum absolute atomic E-state index is 11.8. The van der Waals surface area contributed by atoms with Crippen LogP contribution in [-0.4, -0.2) is 26.9 Å². The van der Waals surface area contributed by atoms with Crippen LogP contribution in [0.5, 0.6) is 0 Å². The second-order valence-electron chi connectivity index (χ2n) is 7.88. The van der Waals surface area contributed by atoms with Crippen LogP contribution in [0.25, 0.3) is 5.69 Å². The second-order valence-corrected chi connectivity index (χ2v) is 7.88. The van der Waals surface area contributed by atoms with E-state index in [-0.39, 0.29) is 17.1 Å². The van der Waals surface area contributed by atoms with Crippen molar-refractivity contribution in [1.29, 1.82) is 0 Å². The Morgan fingerprint density at radius 2 is 1.43 bits per heavy atom. The van der Waals surface area contributed by atoms with Crippen LogP contribution in [0.2, 0.25) is 0 Å². The molecular weight excluding hydrogens is 478 g/mol.